The van der Waals surface area contributed by atoms with Gasteiger partial charge in [-0.05, 0) is 17.5 Å². The van der Waals surface area contributed by atoms with Crippen LogP contribution in [-0.2, 0) is 13.0 Å². The van der Waals surface area contributed by atoms with E-state index in [1.165, 1.54) is 11.1 Å². The smallest absolute Gasteiger partial charge is 0.190 e. The van der Waals surface area contributed by atoms with E-state index in [4.69, 9.17) is 0 Å². The summed E-state index contributed by atoms with van der Waals surface area (Å²) in [6.07, 6.45) is 2.93. The maximum Gasteiger partial charge on any atom is 0.190 e. The number of nitrogens with zero attached hydrogens (tertiary/aromatic N) is 1. The van der Waals surface area contributed by atoms with E-state index in [9.17, 15) is 4.79 Å². The normalized spacial score (nSPS) is 12.6. The number of hydrogen-bond acceptors (Lipinski definition) is 1. The van der Waals surface area contributed by atoms with Gasteiger partial charge in [-0.25, -0.2) is 0 Å². The molecule has 0 spiro atoms. The quantitative estimate of drug-likeness (QED) is 0.662. The van der Waals surface area contributed by atoms with Crippen LogP contribution in [0.1, 0.15) is 5.56 Å². The summed E-state index contributed by atoms with van der Waals surface area (Å²) < 4.78 is 2.20. The first-order valence-electron chi connectivity index (χ1n) is 7.22. The van der Waals surface area contributed by atoms with Crippen LogP contribution < -0.4 is 5.43 Å². The van der Waals surface area contributed by atoms with E-state index in [2.05, 4.69) is 22.8 Å². The summed E-state index contributed by atoms with van der Waals surface area (Å²) in [7, 11) is 0. The van der Waals surface area contributed by atoms with Gasteiger partial charge in [0.25, 0.3) is 0 Å². The molecule has 0 amide bonds. The first-order chi connectivity index (χ1) is 10.3. The van der Waals surface area contributed by atoms with Gasteiger partial charge in [0, 0.05) is 24.4 Å². The van der Waals surface area contributed by atoms with Crippen molar-refractivity contribution in [1.82, 2.24) is 4.57 Å². The number of aromatic nitrogens is 1. The topological polar surface area (TPSA) is 22.0 Å². The minimum atomic E-state index is 0.0872. The van der Waals surface area contributed by atoms with E-state index in [-0.39, 0.29) is 5.43 Å². The fourth-order valence-electron chi connectivity index (χ4n) is 3.15. The fraction of sp³-hybridized carbons (Fsp3) is 0.105. The summed E-state index contributed by atoms with van der Waals surface area (Å²) in [6.45, 7) is 0.923. The number of fused-ring (bicyclic) bond motifs is 3. The molecule has 21 heavy (non-hydrogen) atoms. The first kappa shape index (κ1) is 12.2. The molecule has 2 heterocycles. The molecule has 102 valence electrons. The van der Waals surface area contributed by atoms with Gasteiger partial charge in [0.2, 0.25) is 0 Å². The van der Waals surface area contributed by atoms with Gasteiger partial charge < -0.3 is 4.57 Å². The van der Waals surface area contributed by atoms with E-state index < -0.39 is 0 Å². The van der Waals surface area contributed by atoms with Crippen LogP contribution in [0.25, 0.3) is 22.4 Å². The number of rotatable bonds is 1. The largest absolute Gasteiger partial charge is 0.346 e. The molecule has 0 unspecified atom stereocenters. The highest BCUT2D eigenvalue weighted by molar-refractivity contribution is 5.83. The summed E-state index contributed by atoms with van der Waals surface area (Å²) in [4.78, 5) is 12.5. The molecule has 4 rings (SSSR count). The molecule has 0 aliphatic carbocycles. The summed E-state index contributed by atoms with van der Waals surface area (Å²) >= 11 is 0. The Morgan fingerprint density at radius 1 is 0.857 bits per heavy atom. The van der Waals surface area contributed by atoms with Crippen molar-refractivity contribution in [2.45, 2.75) is 13.0 Å². The van der Waals surface area contributed by atoms with Crippen molar-refractivity contribution in [1.29, 1.82) is 0 Å². The molecule has 1 aliphatic rings. The molecule has 0 bridgehead atoms. The van der Waals surface area contributed by atoms with E-state index in [0.717, 1.165) is 29.8 Å². The van der Waals surface area contributed by atoms with Crippen LogP contribution in [-0.4, -0.2) is 4.57 Å². The summed E-state index contributed by atoms with van der Waals surface area (Å²) in [5, 5.41) is 0. The van der Waals surface area contributed by atoms with Crippen molar-refractivity contribution >= 4 is 0 Å². The molecule has 0 atom stereocenters. The Morgan fingerprint density at radius 3 is 2.48 bits per heavy atom. The minimum absolute atomic E-state index is 0.0872. The van der Waals surface area contributed by atoms with Crippen LogP contribution in [0, 0.1) is 0 Å². The van der Waals surface area contributed by atoms with Crippen LogP contribution in [0.5, 0.6) is 0 Å². The Kier molecular flexibility index (Phi) is 2.74. The number of pyridine rings is 1. The molecule has 2 nitrogen and oxygen atoms in total. The molecule has 0 N–H and O–H groups in total. The van der Waals surface area contributed by atoms with Gasteiger partial charge in [-0.3, -0.25) is 4.79 Å². The molecular formula is C19H15NO. The van der Waals surface area contributed by atoms with Gasteiger partial charge in [0.15, 0.2) is 5.43 Å². The molecule has 2 heteroatoms. The van der Waals surface area contributed by atoms with Gasteiger partial charge in [0.05, 0.1) is 11.3 Å². The predicted octanol–water partition coefficient (Wildman–Crippen LogP) is 3.74. The average molecular weight is 273 g/mol. The standard InChI is InChI=1S/C19H15NO/c21-17-11-13-20-12-10-14-6-4-5-9-16(14)19(20)18(17)15-7-2-1-3-8-15/h1-9,11,13H,10,12H2. The monoisotopic (exact) mass is 273 g/mol. The van der Waals surface area contributed by atoms with Crippen LogP contribution in [0.2, 0.25) is 0 Å². The highest BCUT2D eigenvalue weighted by Crippen LogP contribution is 2.34. The van der Waals surface area contributed by atoms with Gasteiger partial charge in [-0.2, -0.15) is 0 Å². The third-order valence-electron chi connectivity index (χ3n) is 4.13. The Balaban J connectivity index is 2.09. The number of aryl methyl sites for hydroxylation is 2. The SMILES string of the molecule is O=c1ccn2c(c1-c1ccccc1)-c1ccccc1CC2. The summed E-state index contributed by atoms with van der Waals surface area (Å²) in [6, 6.07) is 20.0. The van der Waals surface area contributed by atoms with E-state index >= 15 is 0 Å². The second-order valence-electron chi connectivity index (χ2n) is 5.37. The van der Waals surface area contributed by atoms with Gasteiger partial charge in [-0.1, -0.05) is 54.6 Å². The Morgan fingerprint density at radius 2 is 1.62 bits per heavy atom. The van der Waals surface area contributed by atoms with Crippen molar-refractivity contribution in [3.05, 3.63) is 82.6 Å². The average Bonchev–Trinajstić information content (AvgIpc) is 2.55. The van der Waals surface area contributed by atoms with Crippen molar-refractivity contribution in [2.75, 3.05) is 0 Å². The van der Waals surface area contributed by atoms with Crippen LogP contribution in [0.3, 0.4) is 0 Å². The third kappa shape index (κ3) is 1.91. The minimum Gasteiger partial charge on any atom is -0.346 e. The number of hydrogen-bond donors (Lipinski definition) is 0. The Bertz CT molecular complexity index is 862. The predicted molar refractivity (Wildman–Crippen MR) is 85.3 cm³/mol. The zero-order valence-corrected chi connectivity index (χ0v) is 11.6. The lowest BCUT2D eigenvalue weighted by Gasteiger charge is -2.24. The lowest BCUT2D eigenvalue weighted by molar-refractivity contribution is 0.680. The fourth-order valence-corrected chi connectivity index (χ4v) is 3.15. The van der Waals surface area contributed by atoms with Gasteiger partial charge >= 0.3 is 0 Å². The van der Waals surface area contributed by atoms with Crippen molar-refractivity contribution in [3.8, 4) is 22.4 Å². The maximum atomic E-state index is 12.5. The lowest BCUT2D eigenvalue weighted by Crippen LogP contribution is -2.18. The molecule has 0 saturated heterocycles. The van der Waals surface area contributed by atoms with Gasteiger partial charge in [0.1, 0.15) is 0 Å². The summed E-state index contributed by atoms with van der Waals surface area (Å²) in [5.74, 6) is 0. The van der Waals surface area contributed by atoms with E-state index in [1.807, 2.05) is 42.6 Å². The Labute approximate surface area is 123 Å². The Hall–Kier alpha value is -2.61. The van der Waals surface area contributed by atoms with Crippen LogP contribution >= 0.6 is 0 Å². The maximum absolute atomic E-state index is 12.5. The number of benzene rings is 2. The first-order valence-corrected chi connectivity index (χ1v) is 7.22. The molecule has 1 aromatic heterocycles. The molecular weight excluding hydrogens is 258 g/mol. The zero-order valence-electron chi connectivity index (χ0n) is 11.6. The summed E-state index contributed by atoms with van der Waals surface area (Å²) in [5.41, 5.74) is 5.44. The molecule has 2 aromatic carbocycles. The third-order valence-corrected chi connectivity index (χ3v) is 4.13. The van der Waals surface area contributed by atoms with Crippen molar-refractivity contribution in [3.63, 3.8) is 0 Å². The van der Waals surface area contributed by atoms with Crippen molar-refractivity contribution < 1.29 is 0 Å². The highest BCUT2D eigenvalue weighted by Gasteiger charge is 2.20. The molecule has 0 saturated carbocycles. The second kappa shape index (κ2) is 4.74. The molecule has 0 fully saturated rings. The van der Waals surface area contributed by atoms with Crippen molar-refractivity contribution in [2.24, 2.45) is 0 Å². The zero-order chi connectivity index (χ0) is 14.2. The van der Waals surface area contributed by atoms with Crippen LogP contribution in [0.4, 0.5) is 0 Å². The second-order valence-corrected chi connectivity index (χ2v) is 5.37. The highest BCUT2D eigenvalue weighted by atomic mass is 16.1. The van der Waals surface area contributed by atoms with E-state index in [1.54, 1.807) is 6.07 Å². The van der Waals surface area contributed by atoms with E-state index in [0.29, 0.717) is 0 Å². The van der Waals surface area contributed by atoms with Crippen LogP contribution in [0.15, 0.2) is 71.7 Å². The molecule has 0 radical (unpaired) electrons. The molecule has 3 aromatic rings. The van der Waals surface area contributed by atoms with Gasteiger partial charge in [-0.15, -0.1) is 0 Å². The molecule has 1 aliphatic heterocycles. The lowest BCUT2D eigenvalue weighted by atomic mass is 9.92.